The zero-order valence-electron chi connectivity index (χ0n) is 30.8. The number of rotatable bonds is 4. The van der Waals surface area contributed by atoms with Gasteiger partial charge in [0.1, 0.15) is 0 Å². The molecule has 2 nitrogen and oxygen atoms in total. The van der Waals surface area contributed by atoms with E-state index in [1.54, 1.807) is 0 Å². The van der Waals surface area contributed by atoms with Gasteiger partial charge in [-0.25, -0.2) is 9.97 Å². The number of benzene rings is 10. The van der Waals surface area contributed by atoms with Crippen molar-refractivity contribution < 1.29 is 0 Å². The summed E-state index contributed by atoms with van der Waals surface area (Å²) in [5.41, 5.74) is 8.64. The lowest BCUT2D eigenvalue weighted by Crippen LogP contribution is -1.97. The molecule has 0 N–H and O–H groups in total. The summed E-state index contributed by atoms with van der Waals surface area (Å²) in [5.74, 6) is 0.720. The summed E-state index contributed by atoms with van der Waals surface area (Å²) in [5, 5.41) is 13.5. The van der Waals surface area contributed by atoms with Crippen molar-refractivity contribution in [2.24, 2.45) is 0 Å². The highest BCUT2D eigenvalue weighted by Gasteiger charge is 2.19. The maximum absolute atomic E-state index is 5.43. The lowest BCUT2D eigenvalue weighted by Gasteiger charge is -2.16. The Bertz CT molecular complexity index is 3550. The van der Waals surface area contributed by atoms with Crippen molar-refractivity contribution in [2.45, 2.75) is 0 Å². The fourth-order valence-electron chi connectivity index (χ4n) is 8.95. The molecule has 12 rings (SSSR count). The average Bonchev–Trinajstić information content (AvgIpc) is 3.68. The maximum atomic E-state index is 5.43. The molecule has 0 saturated heterocycles. The summed E-state index contributed by atoms with van der Waals surface area (Å²) in [6.45, 7) is 0. The van der Waals surface area contributed by atoms with Crippen LogP contribution in [0.15, 0.2) is 194 Å². The van der Waals surface area contributed by atoms with E-state index in [4.69, 9.17) is 9.97 Å². The van der Waals surface area contributed by atoms with Crippen molar-refractivity contribution in [3.8, 4) is 44.9 Å². The van der Waals surface area contributed by atoms with Crippen molar-refractivity contribution in [1.82, 2.24) is 9.97 Å². The Kier molecular flexibility index (Phi) is 7.13. The molecule has 57 heavy (non-hydrogen) atoms. The first-order chi connectivity index (χ1) is 28.2. The third kappa shape index (κ3) is 5.10. The van der Waals surface area contributed by atoms with Gasteiger partial charge in [0, 0.05) is 42.1 Å². The molecule has 2 aromatic heterocycles. The first kappa shape index (κ1) is 32.1. The Hall–Kier alpha value is -7.20. The van der Waals surface area contributed by atoms with E-state index in [1.165, 1.54) is 63.6 Å². The molecule has 0 unspecified atom stereocenters. The second kappa shape index (κ2) is 12.7. The molecule has 0 aliphatic carbocycles. The molecular weight excluding hydrogens is 709 g/mol. The van der Waals surface area contributed by atoms with E-state index in [-0.39, 0.29) is 0 Å². The van der Waals surface area contributed by atoms with Crippen molar-refractivity contribution in [3.63, 3.8) is 0 Å². The van der Waals surface area contributed by atoms with Gasteiger partial charge in [-0.3, -0.25) is 0 Å². The van der Waals surface area contributed by atoms with Gasteiger partial charge in [0.15, 0.2) is 5.82 Å². The predicted octanol–water partition coefficient (Wildman–Crippen LogP) is 15.3. The molecule has 2 heterocycles. The van der Waals surface area contributed by atoms with Crippen LogP contribution in [-0.4, -0.2) is 9.97 Å². The van der Waals surface area contributed by atoms with Gasteiger partial charge in [0.05, 0.1) is 11.2 Å². The maximum Gasteiger partial charge on any atom is 0.160 e. The third-order valence-electron chi connectivity index (χ3n) is 11.6. The number of hydrogen-bond donors (Lipinski definition) is 0. The van der Waals surface area contributed by atoms with E-state index in [0.717, 1.165) is 55.4 Å². The van der Waals surface area contributed by atoms with Gasteiger partial charge in [0.25, 0.3) is 0 Å². The molecule has 0 aliphatic heterocycles. The Morgan fingerprint density at radius 3 is 1.70 bits per heavy atom. The third-order valence-corrected chi connectivity index (χ3v) is 12.8. The van der Waals surface area contributed by atoms with Gasteiger partial charge in [-0.05, 0) is 96.4 Å². The average molecular weight is 741 g/mol. The Labute approximate surface area is 333 Å². The fraction of sp³-hybridized carbons (Fsp3) is 0. The van der Waals surface area contributed by atoms with Crippen molar-refractivity contribution in [1.29, 1.82) is 0 Å². The molecule has 0 bridgehead atoms. The van der Waals surface area contributed by atoms with Gasteiger partial charge in [0.2, 0.25) is 0 Å². The normalized spacial score (nSPS) is 11.9. The predicted molar refractivity (Wildman–Crippen MR) is 244 cm³/mol. The van der Waals surface area contributed by atoms with Gasteiger partial charge < -0.3 is 0 Å². The summed E-state index contributed by atoms with van der Waals surface area (Å²) < 4.78 is 2.59. The standard InChI is InChI=1S/C54H32N2S/c1-2-14-34(15-3-1)54-55-51(48-28-25-33-13-4-5-16-39(33)52(48)56-54)38-30-36(29-37(31-38)40-22-12-23-47-46-21-10-11-24-50(46)57-53(40)47)35-26-27-45-43-19-7-6-17-41(43)42-18-8-9-20-44(42)49(45)32-35/h1-32H. The largest absolute Gasteiger partial charge is 0.227 e. The summed E-state index contributed by atoms with van der Waals surface area (Å²) >= 11 is 1.87. The van der Waals surface area contributed by atoms with Gasteiger partial charge in [-0.15, -0.1) is 11.3 Å². The number of hydrogen-bond acceptors (Lipinski definition) is 3. The van der Waals surface area contributed by atoms with Crippen LogP contribution >= 0.6 is 11.3 Å². The molecule has 3 heteroatoms. The minimum atomic E-state index is 0.720. The molecule has 12 aromatic rings. The van der Waals surface area contributed by atoms with E-state index >= 15 is 0 Å². The first-order valence-corrected chi connectivity index (χ1v) is 20.2. The minimum Gasteiger partial charge on any atom is -0.227 e. The van der Waals surface area contributed by atoms with Crippen LogP contribution in [0.2, 0.25) is 0 Å². The summed E-state index contributed by atoms with van der Waals surface area (Å²) in [4.78, 5) is 10.7. The molecule has 0 amide bonds. The van der Waals surface area contributed by atoms with Crippen LogP contribution in [0.5, 0.6) is 0 Å². The molecule has 10 aromatic carbocycles. The van der Waals surface area contributed by atoms with Crippen LogP contribution in [-0.2, 0) is 0 Å². The van der Waals surface area contributed by atoms with Crippen LogP contribution in [0.3, 0.4) is 0 Å². The number of nitrogens with zero attached hydrogens (tertiary/aromatic N) is 2. The Morgan fingerprint density at radius 1 is 0.316 bits per heavy atom. The Balaban J connectivity index is 1.17. The van der Waals surface area contributed by atoms with Crippen molar-refractivity contribution in [3.05, 3.63) is 194 Å². The molecule has 264 valence electrons. The van der Waals surface area contributed by atoms with Crippen LogP contribution in [0.4, 0.5) is 0 Å². The number of aromatic nitrogens is 2. The van der Waals surface area contributed by atoms with Crippen molar-refractivity contribution in [2.75, 3.05) is 0 Å². The van der Waals surface area contributed by atoms with E-state index < -0.39 is 0 Å². The Morgan fingerprint density at radius 2 is 0.912 bits per heavy atom. The summed E-state index contributed by atoms with van der Waals surface area (Å²) in [7, 11) is 0. The van der Waals surface area contributed by atoms with E-state index in [1.807, 2.05) is 17.4 Å². The zero-order chi connectivity index (χ0) is 37.5. The van der Waals surface area contributed by atoms with Gasteiger partial charge in [-0.1, -0.05) is 158 Å². The highest BCUT2D eigenvalue weighted by atomic mass is 32.1. The van der Waals surface area contributed by atoms with Crippen LogP contribution in [0.25, 0.3) is 119 Å². The SMILES string of the molecule is c1ccc(-c2nc(-c3cc(-c4ccc5c6ccccc6c6ccccc6c5c4)cc(-c4cccc5c4sc4ccccc45)c3)c3ccc4ccccc4c3n2)cc1. The van der Waals surface area contributed by atoms with Gasteiger partial charge >= 0.3 is 0 Å². The minimum absolute atomic E-state index is 0.720. The second-order valence-electron chi connectivity index (χ2n) is 14.9. The monoisotopic (exact) mass is 740 g/mol. The fourth-order valence-corrected chi connectivity index (χ4v) is 10.2. The summed E-state index contributed by atoms with van der Waals surface area (Å²) in [6.07, 6.45) is 0. The lowest BCUT2D eigenvalue weighted by molar-refractivity contribution is 1.23. The van der Waals surface area contributed by atoms with Crippen LogP contribution < -0.4 is 0 Å². The topological polar surface area (TPSA) is 25.8 Å². The van der Waals surface area contributed by atoms with Crippen LogP contribution in [0.1, 0.15) is 0 Å². The van der Waals surface area contributed by atoms with E-state index in [2.05, 4.69) is 188 Å². The van der Waals surface area contributed by atoms with E-state index in [0.29, 0.717) is 0 Å². The zero-order valence-corrected chi connectivity index (χ0v) is 31.6. The number of thiophene rings is 1. The summed E-state index contributed by atoms with van der Waals surface area (Å²) in [6, 6.07) is 70.5. The highest BCUT2D eigenvalue weighted by Crippen LogP contribution is 2.44. The molecule has 0 fully saturated rings. The molecule has 0 saturated carbocycles. The smallest absolute Gasteiger partial charge is 0.160 e. The molecule has 0 spiro atoms. The lowest BCUT2D eigenvalue weighted by atomic mass is 9.90. The first-order valence-electron chi connectivity index (χ1n) is 19.4. The quantitative estimate of drug-likeness (QED) is 0.168. The number of fused-ring (bicyclic) bond motifs is 12. The molecule has 0 atom stereocenters. The van der Waals surface area contributed by atoms with E-state index in [9.17, 15) is 0 Å². The highest BCUT2D eigenvalue weighted by molar-refractivity contribution is 7.26. The molecule has 0 radical (unpaired) electrons. The molecular formula is C54H32N2S. The second-order valence-corrected chi connectivity index (χ2v) is 15.9. The molecule has 0 aliphatic rings. The van der Waals surface area contributed by atoms with Crippen molar-refractivity contribution >= 4 is 85.5 Å². The van der Waals surface area contributed by atoms with Gasteiger partial charge in [-0.2, -0.15) is 0 Å². The van der Waals surface area contributed by atoms with Crippen LogP contribution in [0, 0.1) is 0 Å².